The minimum atomic E-state index is -0.679. The van der Waals surface area contributed by atoms with Gasteiger partial charge >= 0.3 is 0 Å². The summed E-state index contributed by atoms with van der Waals surface area (Å²) in [5, 5.41) is 5.19. The molecule has 0 fully saturated rings. The molecule has 1 heterocycles. The maximum atomic E-state index is 9.76. The van der Waals surface area contributed by atoms with Crippen LogP contribution in [0.1, 0.15) is 15.1 Å². The highest BCUT2D eigenvalue weighted by Gasteiger charge is 2.21. The maximum absolute atomic E-state index is 9.76. The average Bonchev–Trinajstić information content (AvgIpc) is 3.82. The van der Waals surface area contributed by atoms with Gasteiger partial charge in [-0.15, -0.1) is 0 Å². The van der Waals surface area contributed by atoms with Gasteiger partial charge in [0.2, 0.25) is 0 Å². The summed E-state index contributed by atoms with van der Waals surface area (Å²) in [4.78, 5) is 1.67. The molecular weight excluding hydrogens is 751 g/mol. The predicted molar refractivity (Wildman–Crippen MR) is 263 cm³/mol. The van der Waals surface area contributed by atoms with Crippen molar-refractivity contribution in [3.63, 3.8) is 0 Å². The van der Waals surface area contributed by atoms with Crippen LogP contribution in [0.15, 0.2) is 241 Å². The highest BCUT2D eigenvalue weighted by Crippen LogP contribution is 2.47. The molecule has 2 heteroatoms. The molecular formula is C60H39NO. The number of nitrogens with zero attached hydrogens (tertiary/aromatic N) is 1. The standard InChI is InChI=1S/C60H39NO/c1-3-16-43(17-4-1)58-52-23-10-9-22-50(52)51-38-33-45(39-54(51)59(58)44-18-5-2-6-19-44)40-29-34-46(35-30-40)61(55-26-14-28-57-60(55)53-24-11-12-27-56(53)62-57)47-36-31-42(32-37-47)49-25-13-20-41-15-7-8-21-48(41)49/h1-39H/i7D,8D,13D,15D,20D,21D,25D,31D,32D,36D,37D. The van der Waals surface area contributed by atoms with E-state index in [-0.39, 0.29) is 22.0 Å². The number of rotatable bonds is 7. The maximum Gasteiger partial charge on any atom is 0.137 e. The van der Waals surface area contributed by atoms with Crippen LogP contribution < -0.4 is 4.90 Å². The van der Waals surface area contributed by atoms with Gasteiger partial charge in [0.15, 0.2) is 0 Å². The van der Waals surface area contributed by atoms with E-state index in [2.05, 4.69) is 91.0 Å². The second-order valence-corrected chi connectivity index (χ2v) is 15.1. The van der Waals surface area contributed by atoms with Crippen LogP contribution in [0.2, 0.25) is 0 Å². The normalized spacial score (nSPS) is 14.0. The van der Waals surface area contributed by atoms with Crippen molar-refractivity contribution in [3.8, 4) is 44.5 Å². The molecule has 0 saturated carbocycles. The second-order valence-electron chi connectivity index (χ2n) is 15.1. The van der Waals surface area contributed by atoms with Gasteiger partial charge < -0.3 is 9.32 Å². The van der Waals surface area contributed by atoms with Crippen LogP contribution in [-0.4, -0.2) is 0 Å². The third-order valence-electron chi connectivity index (χ3n) is 11.6. The van der Waals surface area contributed by atoms with Crippen molar-refractivity contribution in [3.05, 3.63) is 236 Å². The molecule has 0 N–H and O–H groups in total. The van der Waals surface area contributed by atoms with Crippen molar-refractivity contribution in [1.82, 2.24) is 0 Å². The van der Waals surface area contributed by atoms with Crippen LogP contribution in [0.3, 0.4) is 0 Å². The molecule has 0 aliphatic heterocycles. The van der Waals surface area contributed by atoms with Gasteiger partial charge in [-0.2, -0.15) is 0 Å². The number of benzene rings is 11. The highest BCUT2D eigenvalue weighted by molar-refractivity contribution is 6.22. The lowest BCUT2D eigenvalue weighted by molar-refractivity contribution is 0.669. The lowest BCUT2D eigenvalue weighted by atomic mass is 9.84. The van der Waals surface area contributed by atoms with Crippen molar-refractivity contribution < 1.29 is 19.5 Å². The average molecular weight is 801 g/mol. The largest absolute Gasteiger partial charge is 0.456 e. The van der Waals surface area contributed by atoms with Crippen molar-refractivity contribution in [2.75, 3.05) is 4.90 Å². The van der Waals surface area contributed by atoms with Gasteiger partial charge in [-0.05, 0) is 125 Å². The summed E-state index contributed by atoms with van der Waals surface area (Å²) < 4.78 is 106. The third-order valence-corrected chi connectivity index (χ3v) is 11.6. The molecule has 0 atom stereocenters. The Balaban J connectivity index is 1.09. The smallest absolute Gasteiger partial charge is 0.137 e. The van der Waals surface area contributed by atoms with E-state index in [9.17, 15) is 5.48 Å². The molecule has 0 unspecified atom stereocenters. The van der Waals surface area contributed by atoms with Crippen molar-refractivity contribution in [2.24, 2.45) is 0 Å². The van der Waals surface area contributed by atoms with Crippen LogP contribution >= 0.6 is 0 Å². The first-order valence-corrected chi connectivity index (χ1v) is 20.4. The van der Waals surface area contributed by atoms with Crippen LogP contribution in [0.25, 0.3) is 98.8 Å². The van der Waals surface area contributed by atoms with Gasteiger partial charge in [0.25, 0.3) is 0 Å². The number of furan rings is 1. The number of hydrogen-bond acceptors (Lipinski definition) is 2. The minimum Gasteiger partial charge on any atom is -0.456 e. The molecule has 0 spiro atoms. The zero-order valence-corrected chi connectivity index (χ0v) is 33.0. The Bertz CT molecular complexity index is 4240. The minimum absolute atomic E-state index is 0.135. The number of para-hydroxylation sites is 1. The fraction of sp³-hybridized carbons (Fsp3) is 0. The number of hydrogen-bond donors (Lipinski definition) is 0. The summed E-state index contributed by atoms with van der Waals surface area (Å²) >= 11 is 0. The summed E-state index contributed by atoms with van der Waals surface area (Å²) in [6.07, 6.45) is 0. The number of fused-ring (bicyclic) bond motifs is 7. The lowest BCUT2D eigenvalue weighted by Crippen LogP contribution is -2.10. The molecule has 2 nitrogen and oxygen atoms in total. The molecule has 12 rings (SSSR count). The first-order chi connectivity index (χ1) is 35.3. The van der Waals surface area contributed by atoms with Crippen molar-refractivity contribution in [1.29, 1.82) is 0 Å². The Kier molecular flexibility index (Phi) is 6.24. The summed E-state index contributed by atoms with van der Waals surface area (Å²) in [7, 11) is 0. The fourth-order valence-electron chi connectivity index (χ4n) is 8.86. The Hall–Kier alpha value is -8.20. The summed E-state index contributed by atoms with van der Waals surface area (Å²) in [5.74, 6) is 0. The van der Waals surface area contributed by atoms with E-state index in [1.807, 2.05) is 72.8 Å². The first-order valence-electron chi connectivity index (χ1n) is 25.9. The van der Waals surface area contributed by atoms with E-state index in [4.69, 9.17) is 14.0 Å². The summed E-state index contributed by atoms with van der Waals surface area (Å²) in [5.41, 5.74) is 7.41. The monoisotopic (exact) mass is 800 g/mol. The SMILES string of the molecule is [2H]c1c([2H])c(N(c2ccc(-c3ccc4c(c3)c(-c3ccccc3)c(-c3ccccc3)c3ccccc34)cc2)c2cccc3oc4ccccc4c23)c([2H])c([2H])c1-c1c([2H])c([2H])c([2H])c2c([2H])c([2H])c([2H])c([2H])c12. The van der Waals surface area contributed by atoms with Gasteiger partial charge in [0, 0.05) is 16.8 Å². The van der Waals surface area contributed by atoms with E-state index in [0.29, 0.717) is 27.9 Å². The van der Waals surface area contributed by atoms with E-state index < -0.39 is 72.0 Å². The lowest BCUT2D eigenvalue weighted by Gasteiger charge is -2.27. The second kappa shape index (κ2) is 14.8. The van der Waals surface area contributed by atoms with E-state index >= 15 is 0 Å². The zero-order valence-electron chi connectivity index (χ0n) is 44.0. The molecule has 1 aromatic heterocycles. The Morgan fingerprint density at radius 3 is 1.74 bits per heavy atom. The predicted octanol–water partition coefficient (Wildman–Crippen LogP) is 17.2. The van der Waals surface area contributed by atoms with Gasteiger partial charge in [-0.1, -0.05) is 188 Å². The van der Waals surface area contributed by atoms with Crippen LogP contribution in [0.4, 0.5) is 17.1 Å². The van der Waals surface area contributed by atoms with Gasteiger partial charge in [0.1, 0.15) is 11.2 Å². The number of anilines is 3. The molecule has 0 radical (unpaired) electrons. The van der Waals surface area contributed by atoms with Crippen LogP contribution in [0, 0.1) is 0 Å². The molecule has 11 aromatic carbocycles. The van der Waals surface area contributed by atoms with Gasteiger partial charge in [-0.3, -0.25) is 0 Å². The Morgan fingerprint density at radius 1 is 0.355 bits per heavy atom. The molecule has 0 aliphatic rings. The van der Waals surface area contributed by atoms with Crippen molar-refractivity contribution in [2.45, 2.75) is 0 Å². The summed E-state index contributed by atoms with van der Waals surface area (Å²) in [6.45, 7) is 0. The molecule has 0 saturated heterocycles. The van der Waals surface area contributed by atoms with Crippen LogP contribution in [0.5, 0.6) is 0 Å². The van der Waals surface area contributed by atoms with E-state index in [1.165, 1.54) is 0 Å². The highest BCUT2D eigenvalue weighted by atomic mass is 16.3. The fourth-order valence-corrected chi connectivity index (χ4v) is 8.86. The third kappa shape index (κ3) is 5.96. The van der Waals surface area contributed by atoms with E-state index in [0.717, 1.165) is 60.3 Å². The summed E-state index contributed by atoms with van der Waals surface area (Å²) in [6, 6.07) is 49.8. The topological polar surface area (TPSA) is 16.4 Å². The van der Waals surface area contributed by atoms with Crippen LogP contribution in [-0.2, 0) is 0 Å². The van der Waals surface area contributed by atoms with Gasteiger partial charge in [0.05, 0.1) is 26.2 Å². The first kappa shape index (κ1) is 26.1. The quantitative estimate of drug-likeness (QED) is 0.149. The van der Waals surface area contributed by atoms with E-state index in [1.54, 1.807) is 11.0 Å². The molecule has 0 aliphatic carbocycles. The zero-order chi connectivity index (χ0) is 50.6. The molecule has 0 amide bonds. The molecule has 12 aromatic rings. The van der Waals surface area contributed by atoms with Gasteiger partial charge in [-0.25, -0.2) is 0 Å². The molecule has 290 valence electrons. The molecule has 0 bridgehead atoms. The van der Waals surface area contributed by atoms with Crippen molar-refractivity contribution >= 4 is 71.3 Å². The Labute approximate surface area is 375 Å². The molecule has 62 heavy (non-hydrogen) atoms. The Morgan fingerprint density at radius 2 is 0.968 bits per heavy atom.